The minimum absolute atomic E-state index is 0.197. The predicted octanol–water partition coefficient (Wildman–Crippen LogP) is 3.63. The number of nitrogen functional groups attached to an aromatic ring is 1. The van der Waals surface area contributed by atoms with Gasteiger partial charge in [0.05, 0.1) is 5.69 Å². The molecule has 1 unspecified atom stereocenters. The number of hydrogen-bond acceptors (Lipinski definition) is 6. The summed E-state index contributed by atoms with van der Waals surface area (Å²) in [5.74, 6) is -0.779. The highest BCUT2D eigenvalue weighted by molar-refractivity contribution is 7.21. The summed E-state index contributed by atoms with van der Waals surface area (Å²) in [6, 6.07) is 10.0. The number of aryl methyl sites for hydroxylation is 2. The van der Waals surface area contributed by atoms with Crippen LogP contribution >= 0.6 is 11.3 Å². The van der Waals surface area contributed by atoms with Crippen molar-refractivity contribution >= 4 is 39.1 Å². The van der Waals surface area contributed by atoms with E-state index >= 15 is 0 Å². The molecular formula is C22H23N3O3S. The molecule has 4 rings (SSSR count). The molecule has 3 aromatic rings. The van der Waals surface area contributed by atoms with Crippen LogP contribution in [0.15, 0.2) is 30.3 Å². The number of carbonyl (C=O) groups excluding carboxylic acids is 2. The number of ether oxygens (including phenoxy) is 1. The van der Waals surface area contributed by atoms with E-state index in [1.165, 1.54) is 16.9 Å². The highest BCUT2D eigenvalue weighted by Crippen LogP contribution is 2.35. The Kier molecular flexibility index (Phi) is 5.00. The van der Waals surface area contributed by atoms with Crippen molar-refractivity contribution in [1.82, 2.24) is 9.88 Å². The molecular weight excluding hydrogens is 386 g/mol. The lowest BCUT2D eigenvalue weighted by molar-refractivity contribution is -0.140. The minimum atomic E-state index is -0.881. The lowest BCUT2D eigenvalue weighted by Gasteiger charge is -2.30. The van der Waals surface area contributed by atoms with Crippen molar-refractivity contribution in [2.45, 2.75) is 39.8 Å². The predicted molar refractivity (Wildman–Crippen MR) is 114 cm³/mol. The molecule has 6 nitrogen and oxygen atoms in total. The molecule has 0 spiro atoms. The van der Waals surface area contributed by atoms with Gasteiger partial charge in [-0.1, -0.05) is 24.3 Å². The van der Waals surface area contributed by atoms with E-state index in [1.54, 1.807) is 11.8 Å². The van der Waals surface area contributed by atoms with Gasteiger partial charge in [0.15, 0.2) is 6.10 Å². The molecule has 0 saturated heterocycles. The van der Waals surface area contributed by atoms with Crippen LogP contribution in [0.4, 0.5) is 5.69 Å². The van der Waals surface area contributed by atoms with Crippen LogP contribution in [0.2, 0.25) is 0 Å². The second kappa shape index (κ2) is 7.48. The van der Waals surface area contributed by atoms with E-state index in [1.807, 2.05) is 38.1 Å². The monoisotopic (exact) mass is 409 g/mol. The number of benzene rings is 1. The number of aromatic nitrogens is 1. The van der Waals surface area contributed by atoms with Crippen molar-refractivity contribution in [3.05, 3.63) is 57.6 Å². The number of pyridine rings is 1. The quantitative estimate of drug-likeness (QED) is 0.668. The van der Waals surface area contributed by atoms with Gasteiger partial charge in [0, 0.05) is 24.2 Å². The molecule has 7 heteroatoms. The van der Waals surface area contributed by atoms with Crippen molar-refractivity contribution in [3.8, 4) is 0 Å². The number of nitrogens with two attached hydrogens (primary N) is 1. The maximum Gasteiger partial charge on any atom is 0.351 e. The zero-order valence-corrected chi connectivity index (χ0v) is 17.5. The summed E-state index contributed by atoms with van der Waals surface area (Å²) >= 11 is 1.20. The van der Waals surface area contributed by atoms with Gasteiger partial charge in [-0.05, 0) is 49.9 Å². The molecule has 0 bridgehead atoms. The lowest BCUT2D eigenvalue weighted by Crippen LogP contribution is -2.42. The van der Waals surface area contributed by atoms with Crippen molar-refractivity contribution in [3.63, 3.8) is 0 Å². The highest BCUT2D eigenvalue weighted by Gasteiger charge is 2.29. The molecule has 1 amide bonds. The molecule has 150 valence electrons. The Bertz CT molecular complexity index is 1120. The third kappa shape index (κ3) is 3.58. The number of fused-ring (bicyclic) bond motifs is 2. The summed E-state index contributed by atoms with van der Waals surface area (Å²) in [7, 11) is 0. The van der Waals surface area contributed by atoms with Gasteiger partial charge < -0.3 is 15.4 Å². The summed E-state index contributed by atoms with van der Waals surface area (Å²) < 4.78 is 5.49. The number of hydrogen-bond donors (Lipinski definition) is 1. The van der Waals surface area contributed by atoms with Gasteiger partial charge in [-0.2, -0.15) is 0 Å². The minimum Gasteiger partial charge on any atom is -0.448 e. The molecule has 2 aromatic heterocycles. The van der Waals surface area contributed by atoms with Crippen molar-refractivity contribution < 1.29 is 14.3 Å². The van der Waals surface area contributed by atoms with Crippen LogP contribution in [0.25, 0.3) is 10.2 Å². The van der Waals surface area contributed by atoms with Gasteiger partial charge in [-0.3, -0.25) is 4.79 Å². The van der Waals surface area contributed by atoms with Gasteiger partial charge >= 0.3 is 5.97 Å². The topological polar surface area (TPSA) is 85.5 Å². The zero-order valence-electron chi connectivity index (χ0n) is 16.7. The molecule has 0 saturated carbocycles. The van der Waals surface area contributed by atoms with Crippen LogP contribution in [-0.2, 0) is 22.5 Å². The zero-order chi connectivity index (χ0) is 20.7. The van der Waals surface area contributed by atoms with Gasteiger partial charge in [-0.25, -0.2) is 9.78 Å². The van der Waals surface area contributed by atoms with Gasteiger partial charge in [-0.15, -0.1) is 11.3 Å². The van der Waals surface area contributed by atoms with Crippen LogP contribution in [0.3, 0.4) is 0 Å². The van der Waals surface area contributed by atoms with Crippen molar-refractivity contribution in [2.75, 3.05) is 12.3 Å². The first kappa shape index (κ1) is 19.4. The van der Waals surface area contributed by atoms with Crippen molar-refractivity contribution in [2.24, 2.45) is 0 Å². The molecule has 0 fully saturated rings. The molecule has 1 aliphatic heterocycles. The number of esters is 1. The summed E-state index contributed by atoms with van der Waals surface area (Å²) in [6.07, 6.45) is -0.0796. The first-order valence-corrected chi connectivity index (χ1v) is 10.4. The summed E-state index contributed by atoms with van der Waals surface area (Å²) in [6.45, 7) is 6.60. The van der Waals surface area contributed by atoms with Gasteiger partial charge in [0.1, 0.15) is 9.71 Å². The van der Waals surface area contributed by atoms with Crippen molar-refractivity contribution in [1.29, 1.82) is 0 Å². The van der Waals surface area contributed by atoms with Gasteiger partial charge in [0.2, 0.25) is 0 Å². The van der Waals surface area contributed by atoms with E-state index in [0.717, 1.165) is 28.6 Å². The fourth-order valence-corrected chi connectivity index (χ4v) is 4.93. The van der Waals surface area contributed by atoms with Crippen LogP contribution in [0, 0.1) is 13.8 Å². The number of nitrogens with zero attached hydrogens (tertiary/aromatic N) is 2. The first-order valence-electron chi connectivity index (χ1n) is 9.58. The summed E-state index contributed by atoms with van der Waals surface area (Å²) in [4.78, 5) is 32.8. The lowest BCUT2D eigenvalue weighted by atomic mass is 9.99. The Morgan fingerprint density at radius 2 is 1.97 bits per heavy atom. The van der Waals surface area contributed by atoms with Crippen LogP contribution in [-0.4, -0.2) is 34.4 Å². The summed E-state index contributed by atoms with van der Waals surface area (Å²) in [5, 5.41) is 0.777. The molecule has 0 radical (unpaired) electrons. The molecule has 1 aliphatic rings. The average Bonchev–Trinajstić information content (AvgIpc) is 3.03. The van der Waals surface area contributed by atoms with Crippen LogP contribution in [0.1, 0.15) is 39.0 Å². The first-order chi connectivity index (χ1) is 13.8. The molecule has 3 heterocycles. The number of anilines is 1. The van der Waals surface area contributed by atoms with E-state index in [0.29, 0.717) is 28.5 Å². The molecule has 29 heavy (non-hydrogen) atoms. The Hall–Kier alpha value is -2.93. The van der Waals surface area contributed by atoms with E-state index in [2.05, 4.69) is 11.1 Å². The Balaban J connectivity index is 1.50. The number of amides is 1. The standard InChI is InChI=1S/C22H23N3O3S/c1-12-10-13(2)24-20-17(12)18(23)19(29-20)22(27)28-14(3)21(26)25-9-8-15-6-4-5-7-16(15)11-25/h4-7,10,14H,8-9,11,23H2,1-3H3. The van der Waals surface area contributed by atoms with Crippen LogP contribution < -0.4 is 5.73 Å². The van der Waals surface area contributed by atoms with Crippen LogP contribution in [0.5, 0.6) is 0 Å². The maximum absolute atomic E-state index is 12.8. The van der Waals surface area contributed by atoms with E-state index < -0.39 is 12.1 Å². The second-order valence-electron chi connectivity index (χ2n) is 7.43. The number of carbonyl (C=O) groups is 2. The Morgan fingerprint density at radius 3 is 2.72 bits per heavy atom. The SMILES string of the molecule is Cc1cc(C)c2c(N)c(C(=O)OC(C)C(=O)N3CCc4ccccc4C3)sc2n1. The number of thiophene rings is 1. The van der Waals surface area contributed by atoms with Gasteiger partial charge in [0.25, 0.3) is 5.91 Å². The summed E-state index contributed by atoms with van der Waals surface area (Å²) in [5.41, 5.74) is 10.8. The van der Waals surface area contributed by atoms with E-state index in [9.17, 15) is 9.59 Å². The molecule has 0 aliphatic carbocycles. The maximum atomic E-state index is 12.8. The average molecular weight is 410 g/mol. The largest absolute Gasteiger partial charge is 0.448 e. The molecule has 2 N–H and O–H groups in total. The fraction of sp³-hybridized carbons (Fsp3) is 0.318. The Labute approximate surface area is 173 Å². The number of rotatable bonds is 3. The fourth-order valence-electron chi connectivity index (χ4n) is 3.83. The Morgan fingerprint density at radius 1 is 1.24 bits per heavy atom. The highest BCUT2D eigenvalue weighted by atomic mass is 32.1. The second-order valence-corrected chi connectivity index (χ2v) is 8.43. The third-order valence-corrected chi connectivity index (χ3v) is 6.36. The molecule has 1 atom stereocenters. The third-order valence-electron chi connectivity index (χ3n) is 5.28. The normalized spacial score (nSPS) is 14.5. The smallest absolute Gasteiger partial charge is 0.351 e. The van der Waals surface area contributed by atoms with E-state index in [4.69, 9.17) is 10.5 Å². The van der Waals surface area contributed by atoms with E-state index in [-0.39, 0.29) is 5.91 Å². The molecule has 1 aromatic carbocycles.